The first-order chi connectivity index (χ1) is 11.8. The van der Waals surface area contributed by atoms with Gasteiger partial charge in [-0.25, -0.2) is 9.97 Å². The average Bonchev–Trinajstić information content (AvgIpc) is 2.64. The van der Waals surface area contributed by atoms with Crippen LogP contribution in [-0.4, -0.2) is 23.0 Å². The maximum atomic E-state index is 12.3. The predicted molar refractivity (Wildman–Crippen MR) is 89.5 cm³/mol. The van der Waals surface area contributed by atoms with E-state index in [0.717, 1.165) is 0 Å². The summed E-state index contributed by atoms with van der Waals surface area (Å²) >= 11 is 0. The zero-order valence-corrected chi connectivity index (χ0v) is 13.0. The lowest BCUT2D eigenvalue weighted by atomic mass is 10.2. The molecule has 24 heavy (non-hydrogen) atoms. The van der Waals surface area contributed by atoms with Crippen molar-refractivity contribution in [3.8, 4) is 17.5 Å². The molecule has 1 aromatic heterocycles. The first-order valence-electron chi connectivity index (χ1n) is 7.25. The van der Waals surface area contributed by atoms with Crippen LogP contribution in [-0.2, 0) is 0 Å². The highest BCUT2D eigenvalue weighted by atomic mass is 16.5. The van der Waals surface area contributed by atoms with Crippen LogP contribution in [0.3, 0.4) is 0 Å². The van der Waals surface area contributed by atoms with Crippen LogP contribution in [0.25, 0.3) is 0 Å². The van der Waals surface area contributed by atoms with E-state index in [2.05, 4.69) is 15.3 Å². The van der Waals surface area contributed by atoms with Crippen LogP contribution in [0.4, 0.5) is 5.69 Å². The fraction of sp³-hybridized carbons (Fsp3) is 0.0556. The Morgan fingerprint density at radius 1 is 0.958 bits per heavy atom. The standard InChI is InChI=1S/C18H15N3O3/c1-23-16-6-3-2-5-15(16)17(22)21-13-7-9-14(10-8-13)24-18-19-11-4-12-20-18/h2-12H,1H3,(H,21,22). The molecule has 1 heterocycles. The Morgan fingerprint density at radius 2 is 1.67 bits per heavy atom. The number of nitrogens with one attached hydrogen (secondary N) is 1. The van der Waals surface area contributed by atoms with Gasteiger partial charge >= 0.3 is 6.01 Å². The third-order valence-electron chi connectivity index (χ3n) is 3.22. The third kappa shape index (κ3) is 3.67. The van der Waals surface area contributed by atoms with Crippen molar-refractivity contribution in [3.63, 3.8) is 0 Å². The highest BCUT2D eigenvalue weighted by Gasteiger charge is 2.11. The first-order valence-corrected chi connectivity index (χ1v) is 7.25. The maximum Gasteiger partial charge on any atom is 0.321 e. The molecule has 3 aromatic rings. The van der Waals surface area contributed by atoms with E-state index in [9.17, 15) is 4.79 Å². The Balaban J connectivity index is 1.69. The smallest absolute Gasteiger partial charge is 0.321 e. The number of ether oxygens (including phenoxy) is 2. The molecule has 2 aromatic carbocycles. The van der Waals surface area contributed by atoms with Crippen LogP contribution < -0.4 is 14.8 Å². The average molecular weight is 321 g/mol. The molecule has 6 nitrogen and oxygen atoms in total. The lowest BCUT2D eigenvalue weighted by Crippen LogP contribution is -2.12. The second kappa shape index (κ2) is 7.23. The van der Waals surface area contributed by atoms with Crippen molar-refractivity contribution in [1.82, 2.24) is 9.97 Å². The second-order valence-corrected chi connectivity index (χ2v) is 4.81. The van der Waals surface area contributed by atoms with E-state index in [-0.39, 0.29) is 11.9 Å². The Bertz CT molecular complexity index is 820. The van der Waals surface area contributed by atoms with Crippen molar-refractivity contribution < 1.29 is 14.3 Å². The molecule has 0 atom stereocenters. The molecule has 0 saturated carbocycles. The van der Waals surface area contributed by atoms with Gasteiger partial charge in [0.25, 0.3) is 5.91 Å². The van der Waals surface area contributed by atoms with Crippen LogP contribution in [0, 0.1) is 0 Å². The minimum Gasteiger partial charge on any atom is -0.496 e. The van der Waals surface area contributed by atoms with Crippen LogP contribution in [0.15, 0.2) is 67.0 Å². The zero-order valence-electron chi connectivity index (χ0n) is 13.0. The van der Waals surface area contributed by atoms with Crippen molar-refractivity contribution in [1.29, 1.82) is 0 Å². The van der Waals surface area contributed by atoms with Gasteiger partial charge in [-0.15, -0.1) is 0 Å². The molecule has 0 bridgehead atoms. The molecular formula is C18H15N3O3. The Morgan fingerprint density at radius 3 is 2.38 bits per heavy atom. The fourth-order valence-corrected chi connectivity index (χ4v) is 2.08. The lowest BCUT2D eigenvalue weighted by molar-refractivity contribution is 0.102. The predicted octanol–water partition coefficient (Wildman–Crippen LogP) is 3.53. The normalized spacial score (nSPS) is 10.0. The first kappa shape index (κ1) is 15.5. The topological polar surface area (TPSA) is 73.3 Å². The summed E-state index contributed by atoms with van der Waals surface area (Å²) in [4.78, 5) is 20.3. The molecule has 120 valence electrons. The molecule has 1 N–H and O–H groups in total. The van der Waals surface area contributed by atoms with Crippen LogP contribution in [0.1, 0.15) is 10.4 Å². The molecule has 0 saturated heterocycles. The van der Waals surface area contributed by atoms with Crippen molar-refractivity contribution >= 4 is 11.6 Å². The SMILES string of the molecule is COc1ccccc1C(=O)Nc1ccc(Oc2ncccn2)cc1. The van der Waals surface area contributed by atoms with Gasteiger partial charge < -0.3 is 14.8 Å². The summed E-state index contributed by atoms with van der Waals surface area (Å²) in [6.07, 6.45) is 3.20. The molecule has 0 fully saturated rings. The lowest BCUT2D eigenvalue weighted by Gasteiger charge is -2.09. The van der Waals surface area contributed by atoms with Crippen LogP contribution in [0.2, 0.25) is 0 Å². The van der Waals surface area contributed by atoms with E-state index < -0.39 is 0 Å². The highest BCUT2D eigenvalue weighted by Crippen LogP contribution is 2.22. The number of amides is 1. The summed E-state index contributed by atoms with van der Waals surface area (Å²) in [6.45, 7) is 0. The number of nitrogens with zero attached hydrogens (tertiary/aromatic N) is 2. The van der Waals surface area contributed by atoms with Gasteiger partial charge in [0.15, 0.2) is 0 Å². The number of methoxy groups -OCH3 is 1. The number of carbonyl (C=O) groups is 1. The number of carbonyl (C=O) groups excluding carboxylic acids is 1. The molecule has 3 rings (SSSR count). The highest BCUT2D eigenvalue weighted by molar-refractivity contribution is 6.06. The van der Waals surface area contributed by atoms with E-state index in [0.29, 0.717) is 22.7 Å². The quantitative estimate of drug-likeness (QED) is 0.778. The molecular weight excluding hydrogens is 306 g/mol. The molecule has 6 heteroatoms. The number of anilines is 1. The van der Waals surface area contributed by atoms with Crippen molar-refractivity contribution in [2.75, 3.05) is 12.4 Å². The summed E-state index contributed by atoms with van der Waals surface area (Å²) in [6, 6.07) is 16.0. The molecule has 0 radical (unpaired) electrons. The summed E-state index contributed by atoms with van der Waals surface area (Å²) in [5, 5.41) is 2.82. The molecule has 0 unspecified atom stereocenters. The van der Waals surface area contributed by atoms with E-state index >= 15 is 0 Å². The second-order valence-electron chi connectivity index (χ2n) is 4.81. The van der Waals surface area contributed by atoms with Gasteiger partial charge in [0.1, 0.15) is 11.5 Å². The van der Waals surface area contributed by atoms with Crippen molar-refractivity contribution in [3.05, 3.63) is 72.6 Å². The van der Waals surface area contributed by atoms with Crippen LogP contribution in [0.5, 0.6) is 17.5 Å². The van der Waals surface area contributed by atoms with Gasteiger partial charge in [-0.1, -0.05) is 12.1 Å². The molecule has 0 spiro atoms. The van der Waals surface area contributed by atoms with Gasteiger partial charge in [-0.05, 0) is 42.5 Å². The number of benzene rings is 2. The van der Waals surface area contributed by atoms with Gasteiger partial charge in [0, 0.05) is 18.1 Å². The number of para-hydroxylation sites is 1. The summed E-state index contributed by atoms with van der Waals surface area (Å²) in [5.41, 5.74) is 1.12. The number of hydrogen-bond donors (Lipinski definition) is 1. The van der Waals surface area contributed by atoms with E-state index in [4.69, 9.17) is 9.47 Å². The molecule has 0 aliphatic heterocycles. The minimum atomic E-state index is -0.243. The Kier molecular flexibility index (Phi) is 4.67. The van der Waals surface area contributed by atoms with Crippen LogP contribution >= 0.6 is 0 Å². The largest absolute Gasteiger partial charge is 0.496 e. The molecule has 0 aliphatic carbocycles. The molecule has 0 aliphatic rings. The van der Waals surface area contributed by atoms with E-state index in [1.165, 1.54) is 7.11 Å². The summed E-state index contributed by atoms with van der Waals surface area (Å²) in [5.74, 6) is 0.861. The van der Waals surface area contributed by atoms with Crippen molar-refractivity contribution in [2.24, 2.45) is 0 Å². The van der Waals surface area contributed by atoms with Gasteiger partial charge in [0.2, 0.25) is 0 Å². The summed E-state index contributed by atoms with van der Waals surface area (Å²) < 4.78 is 10.7. The minimum absolute atomic E-state index is 0.243. The Labute approximate surface area is 139 Å². The van der Waals surface area contributed by atoms with Crippen molar-refractivity contribution in [2.45, 2.75) is 0 Å². The molecule has 1 amide bonds. The monoisotopic (exact) mass is 321 g/mol. The maximum absolute atomic E-state index is 12.3. The zero-order chi connectivity index (χ0) is 16.8. The van der Waals surface area contributed by atoms with E-state index in [1.54, 1.807) is 60.9 Å². The van der Waals surface area contributed by atoms with Gasteiger partial charge in [-0.2, -0.15) is 0 Å². The number of aromatic nitrogens is 2. The third-order valence-corrected chi connectivity index (χ3v) is 3.22. The van der Waals surface area contributed by atoms with E-state index in [1.807, 2.05) is 6.07 Å². The summed E-state index contributed by atoms with van der Waals surface area (Å²) in [7, 11) is 1.53. The fourth-order valence-electron chi connectivity index (χ4n) is 2.08. The number of rotatable bonds is 5. The van der Waals surface area contributed by atoms with Gasteiger partial charge in [-0.3, -0.25) is 4.79 Å². The van der Waals surface area contributed by atoms with Gasteiger partial charge in [0.05, 0.1) is 12.7 Å². The Hall–Kier alpha value is -3.41. The number of hydrogen-bond acceptors (Lipinski definition) is 5.